The molecular weight excluding hydrogens is 688 g/mol. The number of carbonyl (C=O) groups excluding carboxylic acids is 9. The molecule has 21 heteroatoms. The van der Waals surface area contributed by atoms with Crippen LogP contribution in [-0.4, -0.2) is 126 Å². The van der Waals surface area contributed by atoms with Gasteiger partial charge in [0.15, 0.2) is 0 Å². The van der Waals surface area contributed by atoms with Gasteiger partial charge in [-0.3, -0.25) is 47.9 Å². The van der Waals surface area contributed by atoms with Crippen molar-refractivity contribution in [2.45, 2.75) is 96.4 Å². The first kappa shape index (κ1) is 44.7. The molecule has 0 aromatic rings. The predicted octanol–water partition coefficient (Wildman–Crippen LogP) is -4.96. The lowest BCUT2D eigenvalue weighted by atomic mass is 9.99. The quantitative estimate of drug-likeness (QED) is 0.0499. The highest BCUT2D eigenvalue weighted by atomic mass is 16.4. The van der Waals surface area contributed by atoms with E-state index >= 15 is 0 Å². The molecule has 0 spiro atoms. The molecule has 1 heterocycles. The van der Waals surface area contributed by atoms with E-state index < -0.39 is 114 Å². The Labute approximate surface area is 300 Å². The molecule has 5 atom stereocenters. The first-order valence-electron chi connectivity index (χ1n) is 16.8. The third-order valence-corrected chi connectivity index (χ3v) is 8.00. The van der Waals surface area contributed by atoms with Crippen molar-refractivity contribution in [1.82, 2.24) is 36.8 Å². The normalized spacial score (nSPS) is 16.1. The molecular formula is C31H52N10O11. The molecule has 21 nitrogen and oxygen atoms in total. The molecule has 9 amide bonds. The zero-order valence-electron chi connectivity index (χ0n) is 29.8. The molecule has 0 aromatic carbocycles. The maximum absolute atomic E-state index is 13.7. The average Bonchev–Trinajstić information content (AvgIpc) is 3.56. The molecule has 0 saturated carbocycles. The Morgan fingerprint density at radius 1 is 0.692 bits per heavy atom. The number of nitrogens with one attached hydrogen (secondary N) is 6. The summed E-state index contributed by atoms with van der Waals surface area (Å²) in [7, 11) is 0. The van der Waals surface area contributed by atoms with Crippen LogP contribution in [-0.2, 0) is 47.9 Å². The van der Waals surface area contributed by atoms with Gasteiger partial charge in [-0.25, -0.2) is 0 Å². The van der Waals surface area contributed by atoms with Crippen LogP contribution in [0.1, 0.15) is 66.2 Å². The smallest absolute Gasteiger partial charge is 0.322 e. The number of aliphatic carboxylic acids is 1. The number of rotatable bonds is 22. The maximum Gasteiger partial charge on any atom is 0.322 e. The van der Waals surface area contributed by atoms with Crippen molar-refractivity contribution in [2.24, 2.45) is 29.0 Å². The fourth-order valence-corrected chi connectivity index (χ4v) is 5.21. The fourth-order valence-electron chi connectivity index (χ4n) is 5.21. The van der Waals surface area contributed by atoms with Crippen LogP contribution in [0, 0.1) is 11.8 Å². The number of hydrogen-bond acceptors (Lipinski definition) is 11. The summed E-state index contributed by atoms with van der Waals surface area (Å²) in [5.74, 6) is -9.29. The van der Waals surface area contributed by atoms with Crippen LogP contribution in [0.15, 0.2) is 0 Å². The molecule has 0 radical (unpaired) electrons. The lowest BCUT2D eigenvalue weighted by Crippen LogP contribution is -2.60. The molecule has 0 unspecified atom stereocenters. The van der Waals surface area contributed by atoms with E-state index in [2.05, 4.69) is 31.9 Å². The van der Waals surface area contributed by atoms with E-state index in [-0.39, 0.29) is 45.2 Å². The van der Waals surface area contributed by atoms with Gasteiger partial charge in [-0.1, -0.05) is 27.7 Å². The number of primary amides is 2. The lowest BCUT2D eigenvalue weighted by molar-refractivity contribution is -0.143. The summed E-state index contributed by atoms with van der Waals surface area (Å²) in [5, 5.41) is 23.4. The van der Waals surface area contributed by atoms with Gasteiger partial charge >= 0.3 is 5.97 Å². The van der Waals surface area contributed by atoms with Gasteiger partial charge < -0.3 is 59.1 Å². The SMILES string of the molecule is CC(C)[C@H](NC(=O)CNC(=O)CN)C(=O)N[C@@H](CCC(N)=O)C(=O)N[C@H](C(=O)N[C@@H](CCC(N)=O)C(=O)N1CCC[C@H]1C(=O)NCC(=O)O)C(C)C. The van der Waals surface area contributed by atoms with Crippen molar-refractivity contribution in [3.8, 4) is 0 Å². The Kier molecular flexibility index (Phi) is 18.7. The second kappa shape index (κ2) is 21.8. The number of carboxylic acid groups (broad SMARTS) is 1. The average molecular weight is 741 g/mol. The molecule has 1 aliphatic rings. The summed E-state index contributed by atoms with van der Waals surface area (Å²) < 4.78 is 0. The van der Waals surface area contributed by atoms with Gasteiger partial charge in [-0.15, -0.1) is 0 Å². The van der Waals surface area contributed by atoms with Crippen LogP contribution in [0.4, 0.5) is 0 Å². The molecule has 1 saturated heterocycles. The molecule has 0 aromatic heterocycles. The second-order valence-corrected chi connectivity index (χ2v) is 12.9. The zero-order valence-corrected chi connectivity index (χ0v) is 29.8. The number of nitrogens with zero attached hydrogens (tertiary/aromatic N) is 1. The summed E-state index contributed by atoms with van der Waals surface area (Å²) in [6.45, 7) is 5.01. The van der Waals surface area contributed by atoms with Gasteiger partial charge in [-0.2, -0.15) is 0 Å². The highest BCUT2D eigenvalue weighted by molar-refractivity contribution is 5.97. The van der Waals surface area contributed by atoms with Crippen molar-refractivity contribution in [1.29, 1.82) is 0 Å². The van der Waals surface area contributed by atoms with Gasteiger partial charge in [0.2, 0.25) is 53.2 Å². The van der Waals surface area contributed by atoms with Crippen LogP contribution in [0.5, 0.6) is 0 Å². The van der Waals surface area contributed by atoms with Gasteiger partial charge in [-0.05, 0) is 37.5 Å². The summed E-state index contributed by atoms with van der Waals surface area (Å²) in [5.41, 5.74) is 15.8. The third kappa shape index (κ3) is 15.3. The monoisotopic (exact) mass is 740 g/mol. The largest absolute Gasteiger partial charge is 0.480 e. The highest BCUT2D eigenvalue weighted by Gasteiger charge is 2.39. The fraction of sp³-hybridized carbons (Fsp3) is 0.677. The Bertz CT molecular complexity index is 1360. The van der Waals surface area contributed by atoms with Crippen molar-refractivity contribution in [2.75, 3.05) is 26.2 Å². The Morgan fingerprint density at radius 3 is 1.71 bits per heavy atom. The minimum Gasteiger partial charge on any atom is -0.480 e. The van der Waals surface area contributed by atoms with Crippen molar-refractivity contribution < 1.29 is 53.1 Å². The molecule has 0 bridgehead atoms. The van der Waals surface area contributed by atoms with Gasteiger partial charge in [0.25, 0.3) is 0 Å². The lowest BCUT2D eigenvalue weighted by Gasteiger charge is -2.31. The number of amides is 9. The van der Waals surface area contributed by atoms with Gasteiger partial charge in [0.1, 0.15) is 36.8 Å². The zero-order chi connectivity index (χ0) is 39.7. The van der Waals surface area contributed by atoms with Crippen molar-refractivity contribution in [3.05, 3.63) is 0 Å². The Morgan fingerprint density at radius 2 is 1.21 bits per heavy atom. The molecule has 1 aliphatic heterocycles. The third-order valence-electron chi connectivity index (χ3n) is 8.00. The topological polar surface area (TPSA) is 344 Å². The van der Waals surface area contributed by atoms with E-state index in [1.165, 1.54) is 4.90 Å². The van der Waals surface area contributed by atoms with Gasteiger partial charge in [0.05, 0.1) is 13.1 Å². The van der Waals surface area contributed by atoms with E-state index in [9.17, 15) is 47.9 Å². The number of carbonyl (C=O) groups is 10. The Hall–Kier alpha value is -5.34. The van der Waals surface area contributed by atoms with Crippen molar-refractivity contribution in [3.63, 3.8) is 0 Å². The standard InChI is InChI=1S/C31H52N10O11/c1-15(2)25(39-23(45)13-35-22(44)12-32)29(50)37-17(7-9-20(33)42)27(48)40-26(16(3)4)30(51)38-18(8-10-21(34)43)31(52)41-11-5-6-19(41)28(49)36-14-24(46)47/h15-19,25-26H,5-14,32H2,1-4H3,(H2,33,42)(H2,34,43)(H,35,44)(H,36,49)(H,37,50)(H,38,51)(H,39,45)(H,40,48)(H,46,47)/t17-,18-,19-,25-,26-/m0/s1. The van der Waals surface area contributed by atoms with Crippen LogP contribution >= 0.6 is 0 Å². The van der Waals surface area contributed by atoms with Crippen LogP contribution in [0.25, 0.3) is 0 Å². The number of carboxylic acids is 1. The van der Waals surface area contributed by atoms with E-state index in [1.807, 2.05) is 0 Å². The second-order valence-electron chi connectivity index (χ2n) is 12.9. The van der Waals surface area contributed by atoms with Crippen LogP contribution < -0.4 is 49.1 Å². The summed E-state index contributed by atoms with van der Waals surface area (Å²) >= 11 is 0. The minimum absolute atomic E-state index is 0.110. The molecule has 1 fully saturated rings. The molecule has 0 aliphatic carbocycles. The van der Waals surface area contributed by atoms with E-state index in [1.54, 1.807) is 27.7 Å². The predicted molar refractivity (Wildman–Crippen MR) is 182 cm³/mol. The van der Waals surface area contributed by atoms with Crippen molar-refractivity contribution >= 4 is 59.1 Å². The summed E-state index contributed by atoms with van der Waals surface area (Å²) in [6.07, 6.45) is -0.584. The van der Waals surface area contributed by atoms with E-state index in [0.717, 1.165) is 0 Å². The number of hydrogen-bond donors (Lipinski definition) is 10. The molecule has 13 N–H and O–H groups in total. The summed E-state index contributed by atoms with van der Waals surface area (Å²) in [6, 6.07) is -6.34. The van der Waals surface area contributed by atoms with E-state index in [4.69, 9.17) is 22.3 Å². The molecule has 1 rings (SSSR count). The molecule has 292 valence electrons. The summed E-state index contributed by atoms with van der Waals surface area (Å²) in [4.78, 5) is 126. The number of likely N-dealkylation sites (tertiary alicyclic amines) is 1. The first-order chi connectivity index (χ1) is 24.3. The maximum atomic E-state index is 13.7. The Balaban J connectivity index is 3.22. The molecule has 52 heavy (non-hydrogen) atoms. The number of nitrogens with two attached hydrogens (primary N) is 3. The van der Waals surface area contributed by atoms with E-state index in [0.29, 0.717) is 6.42 Å². The van der Waals surface area contributed by atoms with Crippen LogP contribution in [0.3, 0.4) is 0 Å². The first-order valence-corrected chi connectivity index (χ1v) is 16.8. The minimum atomic E-state index is -1.42. The van der Waals surface area contributed by atoms with Crippen LogP contribution in [0.2, 0.25) is 0 Å². The van der Waals surface area contributed by atoms with Gasteiger partial charge in [0, 0.05) is 19.4 Å². The highest BCUT2D eigenvalue weighted by Crippen LogP contribution is 2.20.